The molecule has 3 atom stereocenters. The number of allylic oxidation sites excluding steroid dienone is 1. The van der Waals surface area contributed by atoms with Crippen molar-refractivity contribution in [3.63, 3.8) is 0 Å². The summed E-state index contributed by atoms with van der Waals surface area (Å²) < 4.78 is 38.9. The van der Waals surface area contributed by atoms with Gasteiger partial charge in [-0.15, -0.1) is 0 Å². The predicted molar refractivity (Wildman–Crippen MR) is 105 cm³/mol. The number of aromatic amines is 1. The quantitative estimate of drug-likeness (QED) is 0.761. The first-order valence-electron chi connectivity index (χ1n) is 10.3. The molecule has 0 amide bonds. The topological polar surface area (TPSA) is 84.3 Å². The average Bonchev–Trinajstić information content (AvgIpc) is 3.20. The summed E-state index contributed by atoms with van der Waals surface area (Å²) in [7, 11) is 0. The maximum atomic E-state index is 13.0. The molecule has 3 heterocycles. The second-order valence-corrected chi connectivity index (χ2v) is 8.23. The number of halogens is 3. The molecule has 2 N–H and O–H groups in total. The molecule has 2 aliphatic heterocycles. The average molecular weight is 419 g/mol. The van der Waals surface area contributed by atoms with Crippen LogP contribution in [0.2, 0.25) is 0 Å². The van der Waals surface area contributed by atoms with Crippen LogP contribution in [-0.4, -0.2) is 46.7 Å². The Hall–Kier alpha value is -2.60. The summed E-state index contributed by atoms with van der Waals surface area (Å²) >= 11 is 0. The van der Waals surface area contributed by atoms with E-state index in [2.05, 4.69) is 20.2 Å². The summed E-state index contributed by atoms with van der Waals surface area (Å²) in [4.78, 5) is 22.1. The highest BCUT2D eigenvalue weighted by atomic mass is 19.4. The Bertz CT molecular complexity index is 876. The summed E-state index contributed by atoms with van der Waals surface area (Å²) in [5, 5.41) is 11.2. The van der Waals surface area contributed by atoms with Gasteiger partial charge in [0.05, 0.1) is 24.4 Å². The van der Waals surface area contributed by atoms with E-state index in [1.165, 1.54) is 0 Å². The smallest absolute Gasteiger partial charge is 0.366 e. The summed E-state index contributed by atoms with van der Waals surface area (Å²) in [5.41, 5.74) is 1.01. The van der Waals surface area contributed by atoms with Crippen LogP contribution in [0.1, 0.15) is 43.7 Å². The summed E-state index contributed by atoms with van der Waals surface area (Å²) in [6, 6.07) is 1.94. The fourth-order valence-electron chi connectivity index (χ4n) is 4.79. The van der Waals surface area contributed by atoms with Crippen molar-refractivity contribution < 1.29 is 18.0 Å². The van der Waals surface area contributed by atoms with Crippen molar-refractivity contribution in [2.75, 3.05) is 6.54 Å². The Balaban J connectivity index is 1.38. The molecular weight excluding hydrogens is 395 g/mol. The lowest BCUT2D eigenvalue weighted by Crippen LogP contribution is -2.47. The molecule has 6 nitrogen and oxygen atoms in total. The van der Waals surface area contributed by atoms with Gasteiger partial charge in [-0.25, -0.2) is 4.99 Å². The lowest BCUT2D eigenvalue weighted by Gasteiger charge is -2.45. The molecule has 0 spiro atoms. The first kappa shape index (κ1) is 20.7. The third-order valence-corrected chi connectivity index (χ3v) is 6.42. The van der Waals surface area contributed by atoms with Crippen LogP contribution in [0.3, 0.4) is 0 Å². The van der Waals surface area contributed by atoms with Gasteiger partial charge in [0.2, 0.25) is 0 Å². The molecule has 1 aromatic rings. The van der Waals surface area contributed by atoms with Gasteiger partial charge in [0, 0.05) is 30.2 Å². The van der Waals surface area contributed by atoms with Gasteiger partial charge in [-0.3, -0.25) is 4.79 Å². The highest BCUT2D eigenvalue weighted by Crippen LogP contribution is 2.43. The van der Waals surface area contributed by atoms with E-state index in [0.29, 0.717) is 0 Å². The minimum absolute atomic E-state index is 0.0421. The van der Waals surface area contributed by atoms with Crippen molar-refractivity contribution in [2.24, 2.45) is 16.8 Å². The Kier molecular flexibility index (Phi) is 5.69. The first-order chi connectivity index (χ1) is 14.4. The number of hydrogen-bond acceptors (Lipinski definition) is 5. The van der Waals surface area contributed by atoms with Gasteiger partial charge < -0.3 is 15.2 Å². The van der Waals surface area contributed by atoms with Crippen LogP contribution in [-0.2, 0) is 4.79 Å². The van der Waals surface area contributed by atoms with Gasteiger partial charge in [-0.2, -0.15) is 18.4 Å². The van der Waals surface area contributed by atoms with Crippen molar-refractivity contribution >= 4 is 17.8 Å². The van der Waals surface area contributed by atoms with E-state index < -0.39 is 18.6 Å². The maximum Gasteiger partial charge on any atom is 0.404 e. The number of fused-ring (bicyclic) bond motifs is 3. The number of nitrogens with one attached hydrogen (secondary N) is 2. The third kappa shape index (κ3) is 4.01. The minimum Gasteiger partial charge on any atom is -0.366 e. The zero-order chi connectivity index (χ0) is 21.3. The van der Waals surface area contributed by atoms with Gasteiger partial charge in [-0.05, 0) is 50.3 Å². The summed E-state index contributed by atoms with van der Waals surface area (Å²) in [5.74, 6) is 0.654. The van der Waals surface area contributed by atoms with Crippen LogP contribution in [0.15, 0.2) is 29.5 Å². The van der Waals surface area contributed by atoms with E-state index >= 15 is 0 Å². The molecule has 1 aliphatic carbocycles. The molecule has 0 saturated heterocycles. The summed E-state index contributed by atoms with van der Waals surface area (Å²) in [6.45, 7) is 0.258. The van der Waals surface area contributed by atoms with Crippen LogP contribution in [0.5, 0.6) is 0 Å². The number of rotatable bonds is 5. The molecule has 0 aromatic carbocycles. The van der Waals surface area contributed by atoms with Gasteiger partial charge in [0.1, 0.15) is 11.9 Å². The van der Waals surface area contributed by atoms with E-state index in [4.69, 9.17) is 5.26 Å². The SMILES string of the molecule is N#CC[C@@H](NCC1CCC(N2C=CC(=O)C3C=Nc4[nH]ccc4C32)CC1)C(F)(F)F. The Morgan fingerprint density at radius 3 is 2.80 bits per heavy atom. The standard InChI is InChI=1S/C21H24F3N5O/c22-21(23,24)18(5-8-25)27-11-13-1-3-14(4-2-13)29-10-7-17(30)16-12-28-20-15(19(16)29)6-9-26-20/h6-7,9-10,12-14,16,18-19,26-27H,1-5,11H2/t13?,14?,16?,18-,19?/m1/s1. The molecule has 4 rings (SSSR count). The Morgan fingerprint density at radius 2 is 2.10 bits per heavy atom. The maximum absolute atomic E-state index is 13.0. The van der Waals surface area contributed by atoms with Crippen molar-refractivity contribution in [1.82, 2.24) is 15.2 Å². The highest BCUT2D eigenvalue weighted by Gasteiger charge is 2.42. The van der Waals surface area contributed by atoms with E-state index in [-0.39, 0.29) is 36.2 Å². The van der Waals surface area contributed by atoms with Crippen LogP contribution in [0.4, 0.5) is 19.0 Å². The van der Waals surface area contributed by atoms with Crippen LogP contribution < -0.4 is 5.32 Å². The van der Waals surface area contributed by atoms with Gasteiger partial charge >= 0.3 is 6.18 Å². The molecule has 0 bridgehead atoms. The molecule has 1 fully saturated rings. The fourth-order valence-corrected chi connectivity index (χ4v) is 4.79. The number of H-pyrrole nitrogens is 1. The molecule has 0 radical (unpaired) electrons. The van der Waals surface area contributed by atoms with Crippen molar-refractivity contribution in [3.05, 3.63) is 30.1 Å². The number of hydrogen-bond donors (Lipinski definition) is 2. The fraction of sp³-hybridized carbons (Fsp3) is 0.571. The third-order valence-electron chi connectivity index (χ3n) is 6.42. The molecule has 3 aliphatic rings. The predicted octanol–water partition coefficient (Wildman–Crippen LogP) is 3.78. The number of nitriles is 1. The Labute approximate surface area is 172 Å². The van der Waals surface area contributed by atoms with Crippen molar-refractivity contribution in [2.45, 2.75) is 56.4 Å². The number of nitrogens with zero attached hydrogens (tertiary/aromatic N) is 3. The largest absolute Gasteiger partial charge is 0.404 e. The molecule has 1 aromatic heterocycles. The molecule has 160 valence electrons. The molecule has 1 saturated carbocycles. The monoisotopic (exact) mass is 419 g/mol. The molecular formula is C21H24F3N5O. The molecule has 2 unspecified atom stereocenters. The van der Waals surface area contributed by atoms with Gasteiger partial charge in [0.25, 0.3) is 0 Å². The zero-order valence-electron chi connectivity index (χ0n) is 16.4. The van der Waals surface area contributed by atoms with Crippen molar-refractivity contribution in [3.8, 4) is 6.07 Å². The van der Waals surface area contributed by atoms with Gasteiger partial charge in [0.15, 0.2) is 5.78 Å². The van der Waals surface area contributed by atoms with Crippen LogP contribution in [0.25, 0.3) is 0 Å². The first-order valence-corrected chi connectivity index (χ1v) is 10.3. The highest BCUT2D eigenvalue weighted by molar-refractivity contribution is 6.04. The normalized spacial score (nSPS) is 29.3. The second kappa shape index (κ2) is 8.26. The minimum atomic E-state index is -4.41. The molecule has 9 heteroatoms. The second-order valence-electron chi connectivity index (χ2n) is 8.23. The lowest BCUT2D eigenvalue weighted by molar-refractivity contribution is -0.155. The van der Waals surface area contributed by atoms with Crippen LogP contribution in [0, 0.1) is 23.2 Å². The number of ketones is 1. The number of carbonyl (C=O) groups excluding carboxylic acids is 1. The summed E-state index contributed by atoms with van der Waals surface area (Å²) in [6.07, 6.45) is 5.33. The van der Waals surface area contributed by atoms with E-state index in [1.807, 2.05) is 18.5 Å². The number of aromatic nitrogens is 1. The van der Waals surface area contributed by atoms with E-state index in [1.54, 1.807) is 18.4 Å². The van der Waals surface area contributed by atoms with Crippen LogP contribution >= 0.6 is 0 Å². The van der Waals surface area contributed by atoms with Crippen molar-refractivity contribution in [1.29, 1.82) is 5.26 Å². The Morgan fingerprint density at radius 1 is 1.33 bits per heavy atom. The van der Waals surface area contributed by atoms with E-state index in [0.717, 1.165) is 37.1 Å². The zero-order valence-corrected chi connectivity index (χ0v) is 16.4. The van der Waals surface area contributed by atoms with E-state index in [9.17, 15) is 18.0 Å². The number of aliphatic imine (C=N–C) groups is 1. The molecule has 30 heavy (non-hydrogen) atoms. The number of alkyl halides is 3. The lowest BCUT2D eigenvalue weighted by atomic mass is 9.80. The number of carbonyl (C=O) groups is 1. The van der Waals surface area contributed by atoms with Gasteiger partial charge in [-0.1, -0.05) is 0 Å².